The maximum absolute atomic E-state index is 14.5. The van der Waals surface area contributed by atoms with Crippen molar-refractivity contribution in [2.24, 2.45) is 0 Å². The van der Waals surface area contributed by atoms with Gasteiger partial charge in [0.05, 0.1) is 15.6 Å². The Balaban J connectivity index is 1.83. The minimum absolute atomic E-state index is 0.0271. The van der Waals surface area contributed by atoms with E-state index in [0.717, 1.165) is 19.9 Å². The molecule has 0 bridgehead atoms. The molecule has 11 heteroatoms. The second-order valence-corrected chi connectivity index (χ2v) is 14.1. The topological polar surface area (TPSA) is 86.8 Å². The Morgan fingerprint density at radius 2 is 1.48 bits per heavy atom. The van der Waals surface area contributed by atoms with Crippen LogP contribution >= 0.6 is 39.1 Å². The molecule has 0 aromatic heterocycles. The number of benzene rings is 4. The summed E-state index contributed by atoms with van der Waals surface area (Å²) in [4.78, 5) is 29.6. The van der Waals surface area contributed by atoms with E-state index in [1.807, 2.05) is 68.4 Å². The summed E-state index contributed by atoms with van der Waals surface area (Å²) in [7, 11) is -4.29. The lowest BCUT2D eigenvalue weighted by Gasteiger charge is -2.34. The molecule has 0 radical (unpaired) electrons. The van der Waals surface area contributed by atoms with Crippen molar-refractivity contribution in [3.05, 3.63) is 129 Å². The third-order valence-corrected chi connectivity index (χ3v) is 9.55. The second kappa shape index (κ2) is 15.1. The number of hydrogen-bond donors (Lipinski definition) is 1. The summed E-state index contributed by atoms with van der Waals surface area (Å²) in [6.07, 6.45) is 0.211. The van der Waals surface area contributed by atoms with E-state index in [9.17, 15) is 18.0 Å². The quantitative estimate of drug-likeness (QED) is 0.169. The van der Waals surface area contributed by atoms with Gasteiger partial charge in [-0.2, -0.15) is 0 Å². The van der Waals surface area contributed by atoms with Crippen LogP contribution in [0.3, 0.4) is 0 Å². The zero-order valence-electron chi connectivity index (χ0n) is 24.2. The fourth-order valence-electron chi connectivity index (χ4n) is 4.68. The zero-order valence-corrected chi connectivity index (χ0v) is 28.1. The largest absolute Gasteiger partial charge is 0.352 e. The number of anilines is 1. The van der Waals surface area contributed by atoms with Crippen molar-refractivity contribution >= 4 is 66.7 Å². The van der Waals surface area contributed by atoms with E-state index >= 15 is 0 Å². The maximum atomic E-state index is 14.5. The van der Waals surface area contributed by atoms with Crippen molar-refractivity contribution in [2.75, 3.05) is 10.8 Å². The normalized spacial score (nSPS) is 12.0. The van der Waals surface area contributed by atoms with Crippen LogP contribution in [0.1, 0.15) is 25.0 Å². The predicted octanol–water partition coefficient (Wildman–Crippen LogP) is 7.12. The number of carbonyl (C=O) groups excluding carboxylic acids is 2. The number of amides is 2. The molecule has 0 heterocycles. The summed E-state index contributed by atoms with van der Waals surface area (Å²) in [5.74, 6) is -0.953. The summed E-state index contributed by atoms with van der Waals surface area (Å²) in [6, 6.07) is 27.8. The van der Waals surface area contributed by atoms with Gasteiger partial charge in [-0.25, -0.2) is 8.42 Å². The standard InChI is InChI=1S/C33H32BrCl2N3O4S/c1-23(2)37-33(41)31(19-24-10-5-3-6-11-24)38(21-25-12-9-13-26(34)18-25)32(40)22-39(30-20-27(35)16-17-29(30)36)44(42,43)28-14-7-4-8-15-28/h3-18,20,23,31H,19,21-22H2,1-2H3,(H,37,41)/t31-/m1/s1. The SMILES string of the molecule is CC(C)NC(=O)[C@@H](Cc1ccccc1)N(Cc1cccc(Br)c1)C(=O)CN(c1cc(Cl)ccc1Cl)S(=O)(=O)c1ccccc1. The molecule has 230 valence electrons. The number of nitrogens with one attached hydrogen (secondary N) is 1. The molecule has 1 atom stereocenters. The highest BCUT2D eigenvalue weighted by Crippen LogP contribution is 2.33. The van der Waals surface area contributed by atoms with Gasteiger partial charge >= 0.3 is 0 Å². The van der Waals surface area contributed by atoms with Crippen molar-refractivity contribution in [1.29, 1.82) is 0 Å². The van der Waals surface area contributed by atoms with Crippen LogP contribution in [-0.4, -0.2) is 43.8 Å². The van der Waals surface area contributed by atoms with E-state index in [1.165, 1.54) is 35.2 Å². The van der Waals surface area contributed by atoms with Crippen molar-refractivity contribution < 1.29 is 18.0 Å². The van der Waals surface area contributed by atoms with Gasteiger partial charge in [-0.15, -0.1) is 0 Å². The molecule has 7 nitrogen and oxygen atoms in total. The lowest BCUT2D eigenvalue weighted by molar-refractivity contribution is -0.140. The van der Waals surface area contributed by atoms with Crippen molar-refractivity contribution in [3.63, 3.8) is 0 Å². The van der Waals surface area contributed by atoms with Crippen molar-refractivity contribution in [3.8, 4) is 0 Å². The van der Waals surface area contributed by atoms with Gasteiger partial charge < -0.3 is 10.2 Å². The lowest BCUT2D eigenvalue weighted by Crippen LogP contribution is -2.54. The van der Waals surface area contributed by atoms with Crippen LogP contribution in [0.5, 0.6) is 0 Å². The minimum atomic E-state index is -4.29. The first kappa shape index (κ1) is 33.5. The lowest BCUT2D eigenvalue weighted by atomic mass is 10.0. The highest BCUT2D eigenvalue weighted by Gasteiger charge is 2.35. The van der Waals surface area contributed by atoms with Crippen LogP contribution in [-0.2, 0) is 32.6 Å². The molecule has 4 aromatic rings. The molecule has 0 unspecified atom stereocenters. The third kappa shape index (κ3) is 8.63. The van der Waals surface area contributed by atoms with Gasteiger partial charge in [0.15, 0.2) is 0 Å². The van der Waals surface area contributed by atoms with Gasteiger partial charge in [0.25, 0.3) is 10.0 Å². The number of rotatable bonds is 12. The van der Waals surface area contributed by atoms with E-state index in [-0.39, 0.29) is 45.5 Å². The number of nitrogens with zero attached hydrogens (tertiary/aromatic N) is 2. The van der Waals surface area contributed by atoms with Crippen LogP contribution < -0.4 is 9.62 Å². The molecule has 0 fully saturated rings. The fraction of sp³-hybridized carbons (Fsp3) is 0.212. The van der Waals surface area contributed by atoms with Crippen LogP contribution in [0.25, 0.3) is 0 Å². The number of carbonyl (C=O) groups is 2. The molecule has 0 spiro atoms. The maximum Gasteiger partial charge on any atom is 0.264 e. The Hall–Kier alpha value is -3.37. The van der Waals surface area contributed by atoms with Crippen LogP contribution in [0, 0.1) is 0 Å². The molecule has 2 amide bonds. The molecular weight excluding hydrogens is 685 g/mol. The van der Waals surface area contributed by atoms with E-state index in [4.69, 9.17) is 23.2 Å². The van der Waals surface area contributed by atoms with Crippen molar-refractivity contribution in [2.45, 2.75) is 43.8 Å². The van der Waals surface area contributed by atoms with Gasteiger partial charge in [-0.3, -0.25) is 13.9 Å². The molecule has 1 N–H and O–H groups in total. The first-order chi connectivity index (χ1) is 21.0. The Kier molecular flexibility index (Phi) is 11.5. The summed E-state index contributed by atoms with van der Waals surface area (Å²) in [5, 5.41) is 3.28. The molecule has 4 aromatic carbocycles. The number of sulfonamides is 1. The van der Waals surface area contributed by atoms with E-state index in [0.29, 0.717) is 0 Å². The fourth-order valence-corrected chi connectivity index (χ4v) is 7.01. The Morgan fingerprint density at radius 3 is 2.11 bits per heavy atom. The van der Waals surface area contributed by atoms with E-state index < -0.39 is 28.5 Å². The Bertz CT molecular complexity index is 1710. The minimum Gasteiger partial charge on any atom is -0.352 e. The Labute approximate surface area is 277 Å². The molecule has 0 aliphatic heterocycles. The third-order valence-electron chi connectivity index (χ3n) is 6.73. The van der Waals surface area contributed by atoms with Crippen LogP contribution in [0.4, 0.5) is 5.69 Å². The first-order valence-corrected chi connectivity index (χ1v) is 16.9. The highest BCUT2D eigenvalue weighted by atomic mass is 79.9. The molecule has 0 saturated carbocycles. The molecule has 0 aliphatic carbocycles. The second-order valence-electron chi connectivity index (χ2n) is 10.4. The monoisotopic (exact) mass is 715 g/mol. The molecular formula is C33H32BrCl2N3O4S. The predicted molar refractivity (Wildman–Crippen MR) is 179 cm³/mol. The summed E-state index contributed by atoms with van der Waals surface area (Å²) in [6.45, 7) is 3.09. The highest BCUT2D eigenvalue weighted by molar-refractivity contribution is 9.10. The van der Waals surface area contributed by atoms with Crippen LogP contribution in [0.2, 0.25) is 10.0 Å². The van der Waals surface area contributed by atoms with Gasteiger partial charge in [0.2, 0.25) is 11.8 Å². The van der Waals surface area contributed by atoms with Gasteiger partial charge in [0.1, 0.15) is 12.6 Å². The molecule has 4 rings (SSSR count). The Morgan fingerprint density at radius 1 is 0.841 bits per heavy atom. The van der Waals surface area contributed by atoms with E-state index in [1.54, 1.807) is 18.2 Å². The molecule has 0 aliphatic rings. The number of hydrogen-bond acceptors (Lipinski definition) is 4. The summed E-state index contributed by atoms with van der Waals surface area (Å²) in [5.41, 5.74) is 1.64. The van der Waals surface area contributed by atoms with Gasteiger partial charge in [-0.05, 0) is 67.4 Å². The zero-order chi connectivity index (χ0) is 31.9. The number of halogens is 3. The summed E-state index contributed by atoms with van der Waals surface area (Å²) < 4.78 is 29.9. The average Bonchev–Trinajstić information content (AvgIpc) is 2.99. The van der Waals surface area contributed by atoms with Gasteiger partial charge in [-0.1, -0.05) is 99.8 Å². The summed E-state index contributed by atoms with van der Waals surface area (Å²) >= 11 is 16.3. The van der Waals surface area contributed by atoms with Gasteiger partial charge in [0, 0.05) is 28.5 Å². The average molecular weight is 718 g/mol. The molecule has 44 heavy (non-hydrogen) atoms. The smallest absolute Gasteiger partial charge is 0.264 e. The van der Waals surface area contributed by atoms with Crippen LogP contribution in [0.15, 0.2) is 112 Å². The molecule has 0 saturated heterocycles. The van der Waals surface area contributed by atoms with Crippen molar-refractivity contribution in [1.82, 2.24) is 10.2 Å². The first-order valence-electron chi connectivity index (χ1n) is 13.9. The van der Waals surface area contributed by atoms with E-state index in [2.05, 4.69) is 21.2 Å².